The van der Waals surface area contributed by atoms with Crippen molar-refractivity contribution >= 4 is 17.7 Å². The molecule has 0 spiro atoms. The van der Waals surface area contributed by atoms with E-state index in [2.05, 4.69) is 46.2 Å². The van der Waals surface area contributed by atoms with E-state index >= 15 is 0 Å². The molecular formula is C26H31N3O3. The number of carbonyl (C=O) groups is 1. The molecule has 1 aromatic carbocycles. The number of anilines is 1. The van der Waals surface area contributed by atoms with Crippen molar-refractivity contribution in [3.05, 3.63) is 53.2 Å². The molecule has 2 saturated heterocycles. The highest BCUT2D eigenvalue weighted by atomic mass is 16.5. The van der Waals surface area contributed by atoms with E-state index < -0.39 is 0 Å². The molecule has 0 amide bonds. The summed E-state index contributed by atoms with van der Waals surface area (Å²) in [6.45, 7) is 6.46. The number of nitrogens with zero attached hydrogens (tertiary/aromatic N) is 3. The van der Waals surface area contributed by atoms with E-state index in [1.807, 2.05) is 6.20 Å². The van der Waals surface area contributed by atoms with Gasteiger partial charge in [-0.05, 0) is 43.0 Å². The van der Waals surface area contributed by atoms with Crippen LogP contribution in [0.15, 0.2) is 42.1 Å². The maximum Gasteiger partial charge on any atom is 0.308 e. The molecule has 3 heterocycles. The zero-order chi connectivity index (χ0) is 21.9. The number of carbonyl (C=O) groups excluding carboxylic acids is 1. The first-order valence-electron chi connectivity index (χ1n) is 11.6. The van der Waals surface area contributed by atoms with Crippen LogP contribution >= 0.6 is 0 Å². The number of hydrogen-bond acceptors (Lipinski definition) is 6. The highest BCUT2D eigenvalue weighted by Crippen LogP contribution is 2.34. The minimum Gasteiger partial charge on any atom is -0.469 e. The van der Waals surface area contributed by atoms with Gasteiger partial charge in [-0.15, -0.1) is 0 Å². The van der Waals surface area contributed by atoms with Gasteiger partial charge in [-0.3, -0.25) is 14.7 Å². The Balaban J connectivity index is 1.28. The van der Waals surface area contributed by atoms with Gasteiger partial charge in [-0.1, -0.05) is 23.8 Å². The Morgan fingerprint density at radius 3 is 2.56 bits per heavy atom. The lowest BCUT2D eigenvalue weighted by Gasteiger charge is -2.32. The van der Waals surface area contributed by atoms with Crippen LogP contribution in [-0.4, -0.2) is 68.9 Å². The number of piperidine rings is 1. The molecule has 2 aromatic rings. The first kappa shape index (κ1) is 21.2. The van der Waals surface area contributed by atoms with Gasteiger partial charge in [0, 0.05) is 55.7 Å². The zero-order valence-corrected chi connectivity index (χ0v) is 18.8. The molecule has 0 saturated carbocycles. The van der Waals surface area contributed by atoms with Gasteiger partial charge in [-0.25, -0.2) is 0 Å². The number of esters is 1. The molecular weight excluding hydrogens is 402 g/mol. The summed E-state index contributed by atoms with van der Waals surface area (Å²) < 4.78 is 10.4. The van der Waals surface area contributed by atoms with Crippen molar-refractivity contribution in [2.45, 2.75) is 19.3 Å². The van der Waals surface area contributed by atoms with E-state index in [1.165, 1.54) is 29.5 Å². The fourth-order valence-electron chi connectivity index (χ4n) is 5.08. The highest BCUT2D eigenvalue weighted by molar-refractivity contribution is 5.79. The second kappa shape index (κ2) is 9.43. The van der Waals surface area contributed by atoms with Crippen molar-refractivity contribution in [3.63, 3.8) is 0 Å². The lowest BCUT2D eigenvalue weighted by Crippen LogP contribution is -2.37. The molecule has 1 aliphatic carbocycles. The van der Waals surface area contributed by atoms with E-state index in [-0.39, 0.29) is 11.9 Å². The van der Waals surface area contributed by atoms with E-state index in [1.54, 1.807) is 0 Å². The Hall–Kier alpha value is -2.70. The van der Waals surface area contributed by atoms with Crippen molar-refractivity contribution in [1.82, 2.24) is 9.88 Å². The minimum absolute atomic E-state index is 0.0325. The Bertz CT molecular complexity index is 988. The molecule has 5 rings (SSSR count). The van der Waals surface area contributed by atoms with E-state index in [0.717, 1.165) is 76.5 Å². The van der Waals surface area contributed by atoms with Crippen molar-refractivity contribution in [1.29, 1.82) is 0 Å². The predicted octanol–water partition coefficient (Wildman–Crippen LogP) is 3.41. The highest BCUT2D eigenvalue weighted by Gasteiger charge is 2.26. The summed E-state index contributed by atoms with van der Waals surface area (Å²) >= 11 is 0. The molecule has 32 heavy (non-hydrogen) atoms. The Morgan fingerprint density at radius 2 is 1.84 bits per heavy atom. The number of benzene rings is 1. The van der Waals surface area contributed by atoms with Crippen LogP contribution in [0.5, 0.6) is 0 Å². The molecule has 2 fully saturated rings. The molecule has 3 aliphatic rings. The topological polar surface area (TPSA) is 54.9 Å². The fourth-order valence-corrected chi connectivity index (χ4v) is 5.08. The summed E-state index contributed by atoms with van der Waals surface area (Å²) in [5.41, 5.74) is 7.51. The molecule has 0 atom stereocenters. The molecule has 0 radical (unpaired) electrons. The minimum atomic E-state index is -0.0787. The van der Waals surface area contributed by atoms with Crippen LogP contribution in [-0.2, 0) is 20.7 Å². The SMILES string of the molecule is COC(=O)C1CCN(c2ccc(-c3nccc4c3C=C(CN3CCOCC3)C4)cc2)CC1. The first-order valence-corrected chi connectivity index (χ1v) is 11.6. The third kappa shape index (κ3) is 4.43. The second-order valence-electron chi connectivity index (χ2n) is 8.93. The second-order valence-corrected chi connectivity index (χ2v) is 8.93. The van der Waals surface area contributed by atoms with Gasteiger partial charge in [0.25, 0.3) is 0 Å². The summed E-state index contributed by atoms with van der Waals surface area (Å²) in [5.74, 6) is -0.0462. The van der Waals surface area contributed by atoms with E-state index in [4.69, 9.17) is 14.5 Å². The van der Waals surface area contributed by atoms with Gasteiger partial charge in [0.1, 0.15) is 0 Å². The summed E-state index contributed by atoms with van der Waals surface area (Å²) in [6.07, 6.45) is 6.98. The van der Waals surface area contributed by atoms with Crippen LogP contribution in [0.1, 0.15) is 24.0 Å². The largest absolute Gasteiger partial charge is 0.469 e. The standard InChI is InChI=1S/C26H31N3O3/c1-31-26(30)21-7-10-29(11-8-21)23-4-2-20(3-5-23)25-24-17-19(16-22(24)6-9-27-25)18-28-12-14-32-15-13-28/h2-6,9,17,21H,7-8,10-16,18H2,1H3. The number of rotatable bonds is 5. The summed E-state index contributed by atoms with van der Waals surface area (Å²) in [7, 11) is 1.47. The third-order valence-electron chi connectivity index (χ3n) is 6.91. The monoisotopic (exact) mass is 433 g/mol. The first-order chi connectivity index (χ1) is 15.7. The lowest BCUT2D eigenvalue weighted by molar-refractivity contribution is -0.146. The molecule has 2 aliphatic heterocycles. The number of aromatic nitrogens is 1. The van der Waals surface area contributed by atoms with Gasteiger partial charge in [0.05, 0.1) is 31.9 Å². The van der Waals surface area contributed by atoms with Crippen molar-refractivity contribution in [3.8, 4) is 11.3 Å². The smallest absolute Gasteiger partial charge is 0.308 e. The quantitative estimate of drug-likeness (QED) is 0.674. The van der Waals surface area contributed by atoms with Crippen molar-refractivity contribution in [2.24, 2.45) is 5.92 Å². The number of morpholine rings is 1. The fraction of sp³-hybridized carbons (Fsp3) is 0.462. The molecule has 6 heteroatoms. The average Bonchev–Trinajstić information content (AvgIpc) is 3.27. The van der Waals surface area contributed by atoms with Gasteiger partial charge in [-0.2, -0.15) is 0 Å². The van der Waals surface area contributed by atoms with Gasteiger partial charge in [0.2, 0.25) is 0 Å². The number of hydrogen-bond donors (Lipinski definition) is 0. The molecule has 168 valence electrons. The third-order valence-corrected chi connectivity index (χ3v) is 6.91. The zero-order valence-electron chi connectivity index (χ0n) is 18.8. The van der Waals surface area contributed by atoms with Gasteiger partial charge < -0.3 is 14.4 Å². The normalized spacial score (nSPS) is 19.5. The average molecular weight is 434 g/mol. The summed E-state index contributed by atoms with van der Waals surface area (Å²) in [6, 6.07) is 10.9. The number of fused-ring (bicyclic) bond motifs is 1. The molecule has 6 nitrogen and oxygen atoms in total. The summed E-state index contributed by atoms with van der Waals surface area (Å²) in [5, 5.41) is 0. The maximum atomic E-state index is 11.8. The van der Waals surface area contributed by atoms with Gasteiger partial charge >= 0.3 is 5.97 Å². The molecule has 0 unspecified atom stereocenters. The lowest BCUT2D eigenvalue weighted by atomic mass is 9.96. The molecule has 0 N–H and O–H groups in total. The van der Waals surface area contributed by atoms with Crippen LogP contribution < -0.4 is 4.90 Å². The number of pyridine rings is 1. The molecule has 1 aromatic heterocycles. The number of methoxy groups -OCH3 is 1. The predicted molar refractivity (Wildman–Crippen MR) is 126 cm³/mol. The Morgan fingerprint density at radius 1 is 1.09 bits per heavy atom. The van der Waals surface area contributed by atoms with Crippen molar-refractivity contribution < 1.29 is 14.3 Å². The Kier molecular flexibility index (Phi) is 6.23. The van der Waals surface area contributed by atoms with Gasteiger partial charge in [0.15, 0.2) is 0 Å². The molecule has 0 bridgehead atoms. The van der Waals surface area contributed by atoms with E-state index in [0.29, 0.717) is 0 Å². The van der Waals surface area contributed by atoms with Crippen LogP contribution in [0.25, 0.3) is 17.3 Å². The van der Waals surface area contributed by atoms with E-state index in [9.17, 15) is 4.79 Å². The van der Waals surface area contributed by atoms with Crippen LogP contribution in [0, 0.1) is 5.92 Å². The Labute approximate surface area is 189 Å². The summed E-state index contributed by atoms with van der Waals surface area (Å²) in [4.78, 5) is 21.4. The van der Waals surface area contributed by atoms with Crippen LogP contribution in [0.4, 0.5) is 5.69 Å². The number of ether oxygens (including phenoxy) is 2. The maximum absolute atomic E-state index is 11.8. The van der Waals surface area contributed by atoms with Crippen molar-refractivity contribution in [2.75, 3.05) is 57.9 Å². The van der Waals surface area contributed by atoms with Crippen LogP contribution in [0.3, 0.4) is 0 Å². The van der Waals surface area contributed by atoms with Crippen LogP contribution in [0.2, 0.25) is 0 Å².